The molecule has 0 bridgehead atoms. The lowest BCUT2D eigenvalue weighted by Crippen LogP contribution is -2.43. The Morgan fingerprint density at radius 3 is 2.90 bits per heavy atom. The summed E-state index contributed by atoms with van der Waals surface area (Å²) in [6, 6.07) is 5.38. The number of pyridine rings is 1. The number of aliphatic carboxylic acids is 1. The van der Waals surface area contributed by atoms with E-state index in [0.717, 1.165) is 5.69 Å². The number of carboxylic acid groups (broad SMARTS) is 1. The molecule has 110 valence electrons. The van der Waals surface area contributed by atoms with Crippen molar-refractivity contribution in [3.05, 3.63) is 30.1 Å². The minimum atomic E-state index is -3.42. The molecule has 0 amide bonds. The Morgan fingerprint density at radius 2 is 2.25 bits per heavy atom. The first-order chi connectivity index (χ1) is 9.49. The van der Waals surface area contributed by atoms with Gasteiger partial charge in [0, 0.05) is 31.4 Å². The number of aryl methyl sites for hydroxylation is 1. The third kappa shape index (κ3) is 3.77. The van der Waals surface area contributed by atoms with Crippen molar-refractivity contribution < 1.29 is 18.3 Å². The van der Waals surface area contributed by atoms with Crippen LogP contribution in [0.3, 0.4) is 0 Å². The van der Waals surface area contributed by atoms with Gasteiger partial charge in [0.25, 0.3) is 0 Å². The van der Waals surface area contributed by atoms with Crippen LogP contribution in [0.1, 0.15) is 18.5 Å². The van der Waals surface area contributed by atoms with Crippen LogP contribution in [0.15, 0.2) is 24.4 Å². The van der Waals surface area contributed by atoms with Gasteiger partial charge in [-0.15, -0.1) is 0 Å². The molecule has 0 saturated carbocycles. The maximum Gasteiger partial charge on any atom is 0.307 e. The van der Waals surface area contributed by atoms with Gasteiger partial charge in [0.15, 0.2) is 0 Å². The monoisotopic (exact) mass is 298 g/mol. The zero-order chi connectivity index (χ0) is 14.6. The molecule has 1 aromatic heterocycles. The molecule has 0 aliphatic carbocycles. The quantitative estimate of drug-likeness (QED) is 0.866. The zero-order valence-corrected chi connectivity index (χ0v) is 11.9. The number of nitrogens with zero attached hydrogens (tertiary/aromatic N) is 2. The Hall–Kier alpha value is -1.47. The van der Waals surface area contributed by atoms with Crippen LogP contribution >= 0.6 is 0 Å². The third-order valence-electron chi connectivity index (χ3n) is 3.47. The first-order valence-electron chi connectivity index (χ1n) is 6.59. The summed E-state index contributed by atoms with van der Waals surface area (Å²) < 4.78 is 25.8. The Kier molecular flexibility index (Phi) is 4.72. The molecule has 2 rings (SSSR count). The summed E-state index contributed by atoms with van der Waals surface area (Å²) in [5.74, 6) is -1.54. The van der Waals surface area contributed by atoms with Crippen LogP contribution in [0.5, 0.6) is 0 Å². The van der Waals surface area contributed by atoms with E-state index in [9.17, 15) is 13.2 Å². The Bertz CT molecular complexity index is 559. The molecule has 0 radical (unpaired) electrons. The van der Waals surface area contributed by atoms with Crippen LogP contribution in [0, 0.1) is 5.92 Å². The SMILES string of the molecule is O=C(O)[C@@H]1CCCN(S(=O)(=O)CCc2ccccn2)C1. The molecular weight excluding hydrogens is 280 g/mol. The Morgan fingerprint density at radius 1 is 1.45 bits per heavy atom. The van der Waals surface area contributed by atoms with Crippen molar-refractivity contribution in [2.24, 2.45) is 5.92 Å². The molecule has 20 heavy (non-hydrogen) atoms. The molecule has 0 unspecified atom stereocenters. The van der Waals surface area contributed by atoms with E-state index in [1.165, 1.54) is 4.31 Å². The zero-order valence-electron chi connectivity index (χ0n) is 11.1. The van der Waals surface area contributed by atoms with E-state index < -0.39 is 21.9 Å². The smallest absolute Gasteiger partial charge is 0.307 e. The maximum absolute atomic E-state index is 12.2. The Balaban J connectivity index is 1.97. The fourth-order valence-electron chi connectivity index (χ4n) is 2.31. The van der Waals surface area contributed by atoms with Gasteiger partial charge >= 0.3 is 5.97 Å². The van der Waals surface area contributed by atoms with Gasteiger partial charge in [0.05, 0.1) is 11.7 Å². The maximum atomic E-state index is 12.2. The number of carboxylic acids is 1. The first-order valence-corrected chi connectivity index (χ1v) is 8.20. The predicted octanol–water partition coefficient (Wildman–Crippen LogP) is 0.750. The van der Waals surface area contributed by atoms with Crippen molar-refractivity contribution in [1.82, 2.24) is 9.29 Å². The number of sulfonamides is 1. The molecule has 7 heteroatoms. The van der Waals surface area contributed by atoms with Crippen LogP contribution in [-0.2, 0) is 21.2 Å². The fraction of sp³-hybridized carbons (Fsp3) is 0.538. The molecule has 0 spiro atoms. The second-order valence-corrected chi connectivity index (χ2v) is 7.01. The van der Waals surface area contributed by atoms with E-state index in [1.807, 2.05) is 6.07 Å². The number of hydrogen-bond acceptors (Lipinski definition) is 4. The number of hydrogen-bond donors (Lipinski definition) is 1. The van der Waals surface area contributed by atoms with Crippen molar-refractivity contribution in [1.29, 1.82) is 0 Å². The first kappa shape index (κ1) is 14.9. The lowest BCUT2D eigenvalue weighted by Gasteiger charge is -2.29. The van der Waals surface area contributed by atoms with Gasteiger partial charge in [-0.2, -0.15) is 0 Å². The van der Waals surface area contributed by atoms with Crippen molar-refractivity contribution in [2.45, 2.75) is 19.3 Å². The second kappa shape index (κ2) is 6.32. The van der Waals surface area contributed by atoms with E-state index in [-0.39, 0.29) is 12.3 Å². The molecule has 1 saturated heterocycles. The van der Waals surface area contributed by atoms with Gasteiger partial charge in [-0.1, -0.05) is 6.07 Å². The largest absolute Gasteiger partial charge is 0.481 e. The van der Waals surface area contributed by atoms with Gasteiger partial charge in [-0.25, -0.2) is 12.7 Å². The summed E-state index contributed by atoms with van der Waals surface area (Å²) in [6.45, 7) is 0.494. The summed E-state index contributed by atoms with van der Waals surface area (Å²) in [5, 5.41) is 9.00. The van der Waals surface area contributed by atoms with Crippen molar-refractivity contribution in [3.8, 4) is 0 Å². The topological polar surface area (TPSA) is 87.6 Å². The van der Waals surface area contributed by atoms with E-state index in [2.05, 4.69) is 4.98 Å². The van der Waals surface area contributed by atoms with Crippen molar-refractivity contribution in [2.75, 3.05) is 18.8 Å². The average Bonchev–Trinajstić information content (AvgIpc) is 2.46. The van der Waals surface area contributed by atoms with Gasteiger partial charge in [-0.3, -0.25) is 9.78 Å². The predicted molar refractivity (Wildman–Crippen MR) is 73.7 cm³/mol. The molecular formula is C13H18N2O4S. The molecule has 0 aromatic carbocycles. The highest BCUT2D eigenvalue weighted by Crippen LogP contribution is 2.20. The van der Waals surface area contributed by atoms with Crippen molar-refractivity contribution in [3.63, 3.8) is 0 Å². The number of aromatic nitrogens is 1. The van der Waals surface area contributed by atoms with Crippen molar-refractivity contribution >= 4 is 16.0 Å². The molecule has 1 aliphatic rings. The number of carbonyl (C=O) groups is 1. The van der Waals surface area contributed by atoms with E-state index >= 15 is 0 Å². The van der Waals surface area contributed by atoms with Gasteiger partial charge in [0.2, 0.25) is 10.0 Å². The summed E-state index contributed by atoms with van der Waals surface area (Å²) in [6.07, 6.45) is 3.11. The molecule has 1 aromatic rings. The highest BCUT2D eigenvalue weighted by Gasteiger charge is 2.31. The summed E-state index contributed by atoms with van der Waals surface area (Å²) in [4.78, 5) is 15.1. The lowest BCUT2D eigenvalue weighted by molar-refractivity contribution is -0.142. The molecule has 6 nitrogen and oxygen atoms in total. The van der Waals surface area contributed by atoms with Gasteiger partial charge in [-0.05, 0) is 25.0 Å². The van der Waals surface area contributed by atoms with Crippen LogP contribution in [-0.4, -0.2) is 47.6 Å². The minimum Gasteiger partial charge on any atom is -0.481 e. The molecule has 1 aliphatic heterocycles. The highest BCUT2D eigenvalue weighted by molar-refractivity contribution is 7.89. The third-order valence-corrected chi connectivity index (χ3v) is 5.31. The van der Waals surface area contributed by atoms with E-state index in [1.54, 1.807) is 18.3 Å². The van der Waals surface area contributed by atoms with Gasteiger partial charge < -0.3 is 5.11 Å². The summed E-state index contributed by atoms with van der Waals surface area (Å²) in [7, 11) is -3.42. The second-order valence-electron chi connectivity index (χ2n) is 4.92. The van der Waals surface area contributed by atoms with Crippen LogP contribution in [0.4, 0.5) is 0 Å². The normalized spacial score (nSPS) is 20.7. The Labute approximate surface area is 118 Å². The minimum absolute atomic E-state index is 0.0314. The summed E-state index contributed by atoms with van der Waals surface area (Å²) in [5.41, 5.74) is 0.725. The molecule has 1 N–H and O–H groups in total. The van der Waals surface area contributed by atoms with Crippen LogP contribution < -0.4 is 0 Å². The highest BCUT2D eigenvalue weighted by atomic mass is 32.2. The molecule has 1 fully saturated rings. The van der Waals surface area contributed by atoms with Crippen LogP contribution in [0.2, 0.25) is 0 Å². The van der Waals surface area contributed by atoms with Gasteiger partial charge in [0.1, 0.15) is 0 Å². The number of piperidine rings is 1. The lowest BCUT2D eigenvalue weighted by atomic mass is 10.0. The van der Waals surface area contributed by atoms with Crippen LogP contribution in [0.25, 0.3) is 0 Å². The van der Waals surface area contributed by atoms with E-state index in [4.69, 9.17) is 5.11 Å². The standard InChI is InChI=1S/C13H18N2O4S/c16-13(17)11-4-3-8-15(10-11)20(18,19)9-6-12-5-1-2-7-14-12/h1-2,5,7,11H,3-4,6,8-10H2,(H,16,17)/t11-/m1/s1. The van der Waals surface area contributed by atoms with E-state index in [0.29, 0.717) is 25.8 Å². The number of rotatable bonds is 5. The summed E-state index contributed by atoms with van der Waals surface area (Å²) >= 11 is 0. The molecule has 1 atom stereocenters. The molecule has 2 heterocycles. The average molecular weight is 298 g/mol. The fourth-order valence-corrected chi connectivity index (χ4v) is 3.84.